The van der Waals surface area contributed by atoms with Crippen LogP contribution in [0.15, 0.2) is 41.6 Å². The van der Waals surface area contributed by atoms with Crippen molar-refractivity contribution in [1.82, 2.24) is 20.1 Å². The molecule has 2 aromatic carbocycles. The molecule has 2 amide bonds. The fourth-order valence-electron chi connectivity index (χ4n) is 3.26. The number of amides is 2. The summed E-state index contributed by atoms with van der Waals surface area (Å²) < 4.78 is 1.88. The molecule has 1 heterocycles. The summed E-state index contributed by atoms with van der Waals surface area (Å²) in [7, 11) is 0. The van der Waals surface area contributed by atoms with E-state index < -0.39 is 6.04 Å². The van der Waals surface area contributed by atoms with Crippen molar-refractivity contribution in [3.63, 3.8) is 0 Å². The summed E-state index contributed by atoms with van der Waals surface area (Å²) >= 11 is 25.5. The van der Waals surface area contributed by atoms with Gasteiger partial charge in [0.05, 0.1) is 43.1 Å². The van der Waals surface area contributed by atoms with Crippen molar-refractivity contribution in [3.05, 3.63) is 67.9 Å². The lowest BCUT2D eigenvalue weighted by atomic mass is 10.0. The Labute approximate surface area is 227 Å². The first-order chi connectivity index (χ1) is 16.6. The molecule has 0 spiro atoms. The smallest absolute Gasteiger partial charge is 0.253 e. The summed E-state index contributed by atoms with van der Waals surface area (Å²) in [6.45, 7) is 6.46. The molecule has 0 bridgehead atoms. The summed E-state index contributed by atoms with van der Waals surface area (Å²) in [5.74, 6) is 0.0849. The first-order valence-corrected chi connectivity index (χ1v) is 13.2. The minimum atomic E-state index is -0.413. The summed E-state index contributed by atoms with van der Waals surface area (Å²) in [6.07, 6.45) is 0. The summed E-state index contributed by atoms with van der Waals surface area (Å²) in [4.78, 5) is 25.4. The molecule has 186 valence electrons. The van der Waals surface area contributed by atoms with Crippen molar-refractivity contribution < 1.29 is 9.59 Å². The van der Waals surface area contributed by atoms with E-state index in [0.717, 1.165) is 0 Å². The maximum absolute atomic E-state index is 12.9. The van der Waals surface area contributed by atoms with Gasteiger partial charge in [-0.2, -0.15) is 0 Å². The predicted octanol–water partition coefficient (Wildman–Crippen LogP) is 6.77. The van der Waals surface area contributed by atoms with E-state index in [1.165, 1.54) is 23.9 Å². The second-order valence-electron chi connectivity index (χ2n) is 7.84. The molecule has 0 saturated heterocycles. The van der Waals surface area contributed by atoms with Crippen LogP contribution < -0.4 is 10.6 Å². The van der Waals surface area contributed by atoms with Gasteiger partial charge in [-0.15, -0.1) is 10.2 Å². The van der Waals surface area contributed by atoms with E-state index in [-0.39, 0.29) is 33.5 Å². The summed E-state index contributed by atoms with van der Waals surface area (Å²) in [5, 5.41) is 16.1. The third-order valence-corrected chi connectivity index (χ3v) is 7.36. The lowest BCUT2D eigenvalue weighted by molar-refractivity contribution is -0.113. The molecule has 3 aromatic rings. The normalized spacial score (nSPS) is 12.0. The Morgan fingerprint density at radius 2 is 1.69 bits per heavy atom. The molecule has 1 atom stereocenters. The van der Waals surface area contributed by atoms with Gasteiger partial charge in [-0.25, -0.2) is 0 Å². The Hall–Kier alpha value is -1.97. The monoisotopic (exact) mass is 573 g/mol. The van der Waals surface area contributed by atoms with Crippen LogP contribution in [0.1, 0.15) is 43.0 Å². The second kappa shape index (κ2) is 12.3. The number of hydrogen-bond acceptors (Lipinski definition) is 5. The fraction of sp³-hybridized carbons (Fsp3) is 0.304. The highest BCUT2D eigenvalue weighted by Crippen LogP contribution is 2.32. The zero-order valence-electron chi connectivity index (χ0n) is 19.1. The van der Waals surface area contributed by atoms with E-state index in [2.05, 4.69) is 20.8 Å². The van der Waals surface area contributed by atoms with Gasteiger partial charge < -0.3 is 15.2 Å². The average molecular weight is 575 g/mol. The van der Waals surface area contributed by atoms with Gasteiger partial charge in [0.2, 0.25) is 5.91 Å². The maximum atomic E-state index is 12.9. The number of aromatic nitrogens is 3. The van der Waals surface area contributed by atoms with E-state index >= 15 is 0 Å². The van der Waals surface area contributed by atoms with Crippen LogP contribution >= 0.6 is 58.2 Å². The number of nitrogens with zero attached hydrogens (tertiary/aromatic N) is 3. The van der Waals surface area contributed by atoms with Gasteiger partial charge in [0.1, 0.15) is 0 Å². The highest BCUT2D eigenvalue weighted by molar-refractivity contribution is 7.99. The number of hydrogen-bond donors (Lipinski definition) is 2. The Morgan fingerprint density at radius 1 is 1.00 bits per heavy atom. The molecule has 0 aliphatic heterocycles. The molecule has 7 nitrogen and oxygen atoms in total. The van der Waals surface area contributed by atoms with Crippen LogP contribution in [-0.4, -0.2) is 32.3 Å². The number of carbonyl (C=O) groups is 2. The van der Waals surface area contributed by atoms with E-state index in [1.807, 2.05) is 25.3 Å². The lowest BCUT2D eigenvalue weighted by Gasteiger charge is -2.22. The predicted molar refractivity (Wildman–Crippen MR) is 143 cm³/mol. The quantitative estimate of drug-likeness (QED) is 0.217. The molecule has 0 aliphatic rings. The largest absolute Gasteiger partial charge is 0.342 e. The third kappa shape index (κ3) is 6.83. The SMILES string of the molecule is CCn1c(SCC(=O)Nc2cc(Cl)c(Cl)cc2Cl)nnc1[C@H](NC(=O)c1ccccc1Cl)C(C)C. The number of nitrogens with one attached hydrogen (secondary N) is 2. The van der Waals surface area contributed by atoms with Crippen molar-refractivity contribution in [1.29, 1.82) is 0 Å². The Bertz CT molecular complexity index is 1230. The third-order valence-electron chi connectivity index (χ3n) is 5.03. The van der Waals surface area contributed by atoms with Gasteiger partial charge in [-0.3, -0.25) is 9.59 Å². The minimum absolute atomic E-state index is 0.0221. The zero-order valence-corrected chi connectivity index (χ0v) is 23.0. The molecule has 0 fully saturated rings. The van der Waals surface area contributed by atoms with Crippen molar-refractivity contribution in [2.45, 2.75) is 38.5 Å². The number of benzene rings is 2. The molecule has 12 heteroatoms. The highest BCUT2D eigenvalue weighted by Gasteiger charge is 2.27. The van der Waals surface area contributed by atoms with Gasteiger partial charge in [0.15, 0.2) is 11.0 Å². The van der Waals surface area contributed by atoms with Crippen LogP contribution in [0.4, 0.5) is 5.69 Å². The lowest BCUT2D eigenvalue weighted by Crippen LogP contribution is -2.34. The van der Waals surface area contributed by atoms with Crippen LogP contribution in [0, 0.1) is 5.92 Å². The molecule has 0 radical (unpaired) electrons. The van der Waals surface area contributed by atoms with E-state index in [4.69, 9.17) is 46.4 Å². The van der Waals surface area contributed by atoms with Gasteiger partial charge in [-0.1, -0.05) is 84.1 Å². The summed E-state index contributed by atoms with van der Waals surface area (Å²) in [5.41, 5.74) is 0.751. The van der Waals surface area contributed by atoms with Gasteiger partial charge >= 0.3 is 0 Å². The summed E-state index contributed by atoms with van der Waals surface area (Å²) in [6, 6.07) is 9.41. The molecule has 0 aliphatic carbocycles. The first kappa shape index (κ1) is 27.6. The van der Waals surface area contributed by atoms with Crippen LogP contribution in [0.2, 0.25) is 20.1 Å². The first-order valence-electron chi connectivity index (χ1n) is 10.7. The number of halogens is 4. The average Bonchev–Trinajstić information content (AvgIpc) is 3.22. The standard InChI is InChI=1S/C23H23Cl4N5O2S/c1-4-32-21(20(12(2)3)29-22(34)13-7-5-6-8-14(13)24)30-31-23(32)35-11-19(33)28-18-10-16(26)15(25)9-17(18)27/h5-10,12,20H,4,11H2,1-3H3,(H,28,33)(H,29,34)/t20-/m1/s1. The van der Waals surface area contributed by atoms with E-state index in [0.29, 0.717) is 38.8 Å². The Balaban J connectivity index is 1.73. The second-order valence-corrected chi connectivity index (χ2v) is 10.4. The van der Waals surface area contributed by atoms with E-state index in [9.17, 15) is 9.59 Å². The van der Waals surface area contributed by atoms with Gasteiger partial charge in [0, 0.05) is 6.54 Å². The number of anilines is 1. The van der Waals surface area contributed by atoms with Crippen LogP contribution in [0.5, 0.6) is 0 Å². The maximum Gasteiger partial charge on any atom is 0.253 e. The topological polar surface area (TPSA) is 88.9 Å². The molecule has 0 saturated carbocycles. The van der Waals surface area contributed by atoms with Crippen LogP contribution in [0.3, 0.4) is 0 Å². The Kier molecular flexibility index (Phi) is 9.72. The van der Waals surface area contributed by atoms with Crippen LogP contribution in [0.25, 0.3) is 0 Å². The Morgan fingerprint density at radius 3 is 2.34 bits per heavy atom. The molecule has 3 rings (SSSR count). The highest BCUT2D eigenvalue weighted by atomic mass is 35.5. The van der Waals surface area contributed by atoms with Crippen LogP contribution in [-0.2, 0) is 11.3 Å². The number of carbonyl (C=O) groups excluding carboxylic acids is 2. The molecular formula is C23H23Cl4N5O2S. The molecule has 2 N–H and O–H groups in total. The van der Waals surface area contributed by atoms with Crippen molar-refractivity contribution >= 4 is 75.7 Å². The number of rotatable bonds is 9. The molecule has 0 unspecified atom stereocenters. The van der Waals surface area contributed by atoms with Gasteiger partial charge in [-0.05, 0) is 37.1 Å². The molecule has 1 aromatic heterocycles. The van der Waals surface area contributed by atoms with Gasteiger partial charge in [0.25, 0.3) is 5.91 Å². The van der Waals surface area contributed by atoms with Crippen molar-refractivity contribution in [2.24, 2.45) is 5.92 Å². The van der Waals surface area contributed by atoms with E-state index in [1.54, 1.807) is 24.3 Å². The van der Waals surface area contributed by atoms with Crippen molar-refractivity contribution in [2.75, 3.05) is 11.1 Å². The molecular weight excluding hydrogens is 552 g/mol. The zero-order chi connectivity index (χ0) is 25.7. The minimum Gasteiger partial charge on any atom is -0.342 e. The fourth-order valence-corrected chi connectivity index (χ4v) is 4.89. The number of thioether (sulfide) groups is 1. The molecule has 35 heavy (non-hydrogen) atoms. The van der Waals surface area contributed by atoms with Crippen molar-refractivity contribution in [3.8, 4) is 0 Å².